The van der Waals surface area contributed by atoms with Gasteiger partial charge in [-0.05, 0) is 19.1 Å². The maximum absolute atomic E-state index is 5.29. The molecule has 0 amide bonds. The lowest BCUT2D eigenvalue weighted by molar-refractivity contribution is 0.428. The molecule has 0 fully saturated rings. The van der Waals surface area contributed by atoms with Crippen LogP contribution in [0.4, 0.5) is 0 Å². The van der Waals surface area contributed by atoms with E-state index in [1.54, 1.807) is 10.9 Å². The normalized spacial score (nSPS) is 12.9. The zero-order chi connectivity index (χ0) is 10.7. The van der Waals surface area contributed by atoms with Crippen molar-refractivity contribution in [1.82, 2.24) is 20.3 Å². The summed E-state index contributed by atoms with van der Waals surface area (Å²) in [5.41, 5.74) is 0.927. The Hall–Kier alpha value is -1.62. The van der Waals surface area contributed by atoms with E-state index in [9.17, 15) is 0 Å². The molecule has 0 aliphatic heterocycles. The predicted molar refractivity (Wildman–Crippen MR) is 55.0 cm³/mol. The minimum atomic E-state index is 0.182. The van der Waals surface area contributed by atoms with Crippen LogP contribution in [0, 0.1) is 0 Å². The summed E-state index contributed by atoms with van der Waals surface area (Å²) < 4.78 is 6.97. The molecule has 5 nitrogen and oxygen atoms in total. The van der Waals surface area contributed by atoms with E-state index in [0.717, 1.165) is 11.5 Å². The van der Waals surface area contributed by atoms with E-state index in [1.165, 1.54) is 0 Å². The Labute approximate surface area is 88.1 Å². The lowest BCUT2D eigenvalue weighted by atomic mass is 10.2. The van der Waals surface area contributed by atoms with Gasteiger partial charge in [0.05, 0.1) is 18.0 Å². The Morgan fingerprint density at radius 2 is 2.47 bits per heavy atom. The zero-order valence-electron chi connectivity index (χ0n) is 8.84. The lowest BCUT2D eigenvalue weighted by Gasteiger charge is -2.08. The van der Waals surface area contributed by atoms with Crippen LogP contribution in [-0.4, -0.2) is 15.0 Å². The van der Waals surface area contributed by atoms with Gasteiger partial charge in [-0.15, -0.1) is 5.10 Å². The van der Waals surface area contributed by atoms with Gasteiger partial charge in [-0.2, -0.15) is 0 Å². The maximum Gasteiger partial charge on any atom is 0.120 e. The van der Waals surface area contributed by atoms with Crippen molar-refractivity contribution in [3.8, 4) is 0 Å². The molecule has 0 aliphatic carbocycles. The third-order valence-electron chi connectivity index (χ3n) is 2.21. The van der Waals surface area contributed by atoms with Gasteiger partial charge in [0, 0.05) is 19.8 Å². The molecule has 2 aromatic rings. The molecule has 0 spiro atoms. The molecule has 1 unspecified atom stereocenters. The monoisotopic (exact) mass is 206 g/mol. The molecule has 2 heterocycles. The molecule has 0 bridgehead atoms. The van der Waals surface area contributed by atoms with E-state index in [-0.39, 0.29) is 6.04 Å². The predicted octanol–water partition coefficient (Wildman–Crippen LogP) is 1.26. The summed E-state index contributed by atoms with van der Waals surface area (Å²) in [6.45, 7) is 2.74. The Morgan fingerprint density at radius 1 is 1.60 bits per heavy atom. The van der Waals surface area contributed by atoms with Crippen molar-refractivity contribution in [3.63, 3.8) is 0 Å². The van der Waals surface area contributed by atoms with Crippen LogP contribution in [0.1, 0.15) is 24.4 Å². The number of aromatic nitrogens is 3. The van der Waals surface area contributed by atoms with Gasteiger partial charge in [-0.25, -0.2) is 0 Å². The van der Waals surface area contributed by atoms with Crippen molar-refractivity contribution in [1.29, 1.82) is 0 Å². The average Bonchev–Trinajstić information content (AvgIpc) is 2.84. The molecule has 0 saturated heterocycles. The van der Waals surface area contributed by atoms with Crippen molar-refractivity contribution >= 4 is 0 Å². The Balaban J connectivity index is 1.88. The first-order valence-electron chi connectivity index (χ1n) is 4.87. The van der Waals surface area contributed by atoms with Gasteiger partial charge in [0.25, 0.3) is 0 Å². The van der Waals surface area contributed by atoms with Crippen LogP contribution in [0.5, 0.6) is 0 Å². The Morgan fingerprint density at radius 3 is 3.07 bits per heavy atom. The quantitative estimate of drug-likeness (QED) is 0.818. The molecule has 0 aromatic carbocycles. The largest absolute Gasteiger partial charge is 0.468 e. The summed E-state index contributed by atoms with van der Waals surface area (Å²) in [6.07, 6.45) is 3.57. The number of furan rings is 1. The van der Waals surface area contributed by atoms with Gasteiger partial charge in [-0.3, -0.25) is 4.68 Å². The molecule has 5 heteroatoms. The number of rotatable bonds is 4. The van der Waals surface area contributed by atoms with Crippen molar-refractivity contribution in [2.75, 3.05) is 0 Å². The van der Waals surface area contributed by atoms with Crippen molar-refractivity contribution in [2.24, 2.45) is 7.05 Å². The summed E-state index contributed by atoms with van der Waals surface area (Å²) in [4.78, 5) is 0. The first-order valence-corrected chi connectivity index (χ1v) is 4.87. The summed E-state index contributed by atoms with van der Waals surface area (Å²) in [5.74, 6) is 0.930. The minimum Gasteiger partial charge on any atom is -0.468 e. The van der Waals surface area contributed by atoms with E-state index in [1.807, 2.05) is 25.4 Å². The first-order chi connectivity index (χ1) is 7.25. The minimum absolute atomic E-state index is 0.182. The Bertz CT molecular complexity index is 407. The van der Waals surface area contributed by atoms with Gasteiger partial charge in [0.2, 0.25) is 0 Å². The Kier molecular flexibility index (Phi) is 2.82. The van der Waals surface area contributed by atoms with Crippen LogP contribution in [0.25, 0.3) is 0 Å². The van der Waals surface area contributed by atoms with Gasteiger partial charge in [0.15, 0.2) is 0 Å². The molecule has 1 N–H and O–H groups in total. The zero-order valence-corrected chi connectivity index (χ0v) is 8.84. The second-order valence-electron chi connectivity index (χ2n) is 3.50. The van der Waals surface area contributed by atoms with Gasteiger partial charge >= 0.3 is 0 Å². The van der Waals surface area contributed by atoms with Crippen LogP contribution >= 0.6 is 0 Å². The highest BCUT2D eigenvalue weighted by Crippen LogP contribution is 2.12. The number of hydrogen-bond donors (Lipinski definition) is 1. The van der Waals surface area contributed by atoms with Crippen LogP contribution < -0.4 is 5.32 Å². The van der Waals surface area contributed by atoms with E-state index in [2.05, 4.69) is 22.6 Å². The van der Waals surface area contributed by atoms with Gasteiger partial charge in [0.1, 0.15) is 5.76 Å². The van der Waals surface area contributed by atoms with E-state index in [0.29, 0.717) is 6.54 Å². The summed E-state index contributed by atoms with van der Waals surface area (Å²) in [7, 11) is 1.85. The van der Waals surface area contributed by atoms with Gasteiger partial charge in [-0.1, -0.05) is 5.21 Å². The molecule has 0 radical (unpaired) electrons. The first kappa shape index (κ1) is 9.92. The van der Waals surface area contributed by atoms with Crippen LogP contribution in [0.15, 0.2) is 29.0 Å². The number of nitrogens with one attached hydrogen (secondary N) is 1. The van der Waals surface area contributed by atoms with Crippen molar-refractivity contribution < 1.29 is 4.42 Å². The number of nitrogens with zero attached hydrogens (tertiary/aromatic N) is 3. The molecule has 0 saturated carbocycles. The molecular formula is C10H14N4O. The molecule has 0 aliphatic rings. The van der Waals surface area contributed by atoms with Crippen molar-refractivity contribution in [3.05, 3.63) is 36.0 Å². The second-order valence-corrected chi connectivity index (χ2v) is 3.50. The fourth-order valence-corrected chi connectivity index (χ4v) is 1.37. The molecular weight excluding hydrogens is 192 g/mol. The van der Waals surface area contributed by atoms with Crippen LogP contribution in [0.3, 0.4) is 0 Å². The fourth-order valence-electron chi connectivity index (χ4n) is 1.37. The smallest absolute Gasteiger partial charge is 0.120 e. The highest BCUT2D eigenvalue weighted by Gasteiger charge is 2.07. The maximum atomic E-state index is 5.29. The highest BCUT2D eigenvalue weighted by molar-refractivity contribution is 5.03. The SMILES string of the molecule is CC(NCc1cn(C)nn1)c1ccco1. The lowest BCUT2D eigenvalue weighted by Crippen LogP contribution is -2.17. The third-order valence-corrected chi connectivity index (χ3v) is 2.21. The summed E-state index contributed by atoms with van der Waals surface area (Å²) in [6, 6.07) is 4.02. The third kappa shape index (κ3) is 2.44. The second kappa shape index (κ2) is 4.27. The average molecular weight is 206 g/mol. The fraction of sp³-hybridized carbons (Fsp3) is 0.400. The topological polar surface area (TPSA) is 55.9 Å². The number of aryl methyl sites for hydroxylation is 1. The highest BCUT2D eigenvalue weighted by atomic mass is 16.3. The molecule has 1 atom stereocenters. The van der Waals surface area contributed by atoms with Crippen LogP contribution in [0.2, 0.25) is 0 Å². The summed E-state index contributed by atoms with van der Waals surface area (Å²) >= 11 is 0. The summed E-state index contributed by atoms with van der Waals surface area (Å²) in [5, 5.41) is 11.2. The molecule has 2 rings (SSSR count). The van der Waals surface area contributed by atoms with Crippen molar-refractivity contribution in [2.45, 2.75) is 19.5 Å². The van der Waals surface area contributed by atoms with E-state index in [4.69, 9.17) is 4.42 Å². The molecule has 80 valence electrons. The van der Waals surface area contributed by atoms with Crippen LogP contribution in [-0.2, 0) is 13.6 Å². The molecule has 15 heavy (non-hydrogen) atoms. The van der Waals surface area contributed by atoms with E-state index >= 15 is 0 Å². The van der Waals surface area contributed by atoms with E-state index < -0.39 is 0 Å². The number of hydrogen-bond acceptors (Lipinski definition) is 4. The molecule has 2 aromatic heterocycles. The standard InChI is InChI=1S/C10H14N4O/c1-8(10-4-3-5-15-10)11-6-9-7-14(2)13-12-9/h3-5,7-8,11H,6H2,1-2H3. The van der Waals surface area contributed by atoms with Gasteiger partial charge < -0.3 is 9.73 Å².